The Balaban J connectivity index is 3.81. The molecule has 0 bridgehead atoms. The van der Waals surface area contributed by atoms with E-state index >= 15 is 0 Å². The number of amides is 1. The number of hydrogen-bond acceptors (Lipinski definition) is 2. The first-order valence-electron chi connectivity index (χ1n) is 5.34. The lowest BCUT2D eigenvalue weighted by Gasteiger charge is -2.21. The minimum atomic E-state index is -0.432. The van der Waals surface area contributed by atoms with Crippen LogP contribution in [0.1, 0.15) is 47.5 Å². The monoisotopic (exact) mass is 213 g/mol. The van der Waals surface area contributed by atoms with Crippen molar-refractivity contribution in [3.63, 3.8) is 0 Å². The van der Waals surface area contributed by atoms with E-state index in [2.05, 4.69) is 11.9 Å². The van der Waals surface area contributed by atoms with Crippen LogP contribution in [0, 0.1) is 0 Å². The van der Waals surface area contributed by atoms with Crippen LogP contribution in [0.5, 0.6) is 0 Å². The second-order valence-corrected chi connectivity index (χ2v) is 5.04. The summed E-state index contributed by atoms with van der Waals surface area (Å²) >= 11 is 0. The highest BCUT2D eigenvalue weighted by molar-refractivity contribution is 5.67. The molecule has 0 saturated heterocycles. The van der Waals surface area contributed by atoms with E-state index in [1.807, 2.05) is 34.6 Å². The molecule has 0 aromatic carbocycles. The lowest BCUT2D eigenvalue weighted by Crippen LogP contribution is -2.37. The van der Waals surface area contributed by atoms with Gasteiger partial charge in [-0.05, 0) is 47.5 Å². The molecule has 1 N–H and O–H groups in total. The van der Waals surface area contributed by atoms with E-state index in [0.29, 0.717) is 0 Å². The lowest BCUT2D eigenvalue weighted by atomic mass is 10.1. The van der Waals surface area contributed by atoms with Gasteiger partial charge in [-0.1, -0.05) is 5.57 Å². The second-order valence-electron chi connectivity index (χ2n) is 5.04. The first-order chi connectivity index (χ1) is 6.70. The van der Waals surface area contributed by atoms with Crippen molar-refractivity contribution in [2.45, 2.75) is 59.1 Å². The largest absolute Gasteiger partial charge is 0.444 e. The molecule has 88 valence electrons. The molecule has 15 heavy (non-hydrogen) atoms. The molecule has 0 aromatic heterocycles. The topological polar surface area (TPSA) is 38.3 Å². The van der Waals surface area contributed by atoms with Crippen molar-refractivity contribution in [3.05, 3.63) is 12.2 Å². The number of alkyl carbamates (subject to hydrolysis) is 1. The number of hydrogen-bond donors (Lipinski definition) is 1. The van der Waals surface area contributed by atoms with Crippen molar-refractivity contribution in [1.29, 1.82) is 0 Å². The van der Waals surface area contributed by atoms with Crippen LogP contribution in [0.2, 0.25) is 0 Å². The molecule has 0 spiro atoms. The third-order valence-corrected chi connectivity index (χ3v) is 1.77. The first kappa shape index (κ1) is 14.0. The van der Waals surface area contributed by atoms with E-state index in [4.69, 9.17) is 4.74 Å². The molecule has 0 aliphatic heterocycles. The number of carbonyl (C=O) groups excluding carboxylic acids is 1. The Morgan fingerprint density at radius 3 is 2.40 bits per heavy atom. The number of ether oxygens (including phenoxy) is 1. The predicted molar refractivity (Wildman–Crippen MR) is 62.9 cm³/mol. The van der Waals surface area contributed by atoms with Gasteiger partial charge in [-0.15, -0.1) is 6.58 Å². The van der Waals surface area contributed by atoms with Crippen LogP contribution in [0.25, 0.3) is 0 Å². The summed E-state index contributed by atoms with van der Waals surface area (Å²) in [7, 11) is 0. The normalized spacial score (nSPS) is 13.1. The van der Waals surface area contributed by atoms with Crippen LogP contribution in [-0.2, 0) is 4.74 Å². The van der Waals surface area contributed by atoms with Crippen LogP contribution in [-0.4, -0.2) is 17.7 Å². The summed E-state index contributed by atoms with van der Waals surface area (Å²) in [4.78, 5) is 11.4. The molecular weight excluding hydrogens is 190 g/mol. The Bertz CT molecular complexity index is 228. The second kappa shape index (κ2) is 5.79. The summed E-state index contributed by atoms with van der Waals surface area (Å²) in [5.74, 6) is 0. The van der Waals surface area contributed by atoms with Gasteiger partial charge in [0.15, 0.2) is 0 Å². The van der Waals surface area contributed by atoms with Crippen molar-refractivity contribution in [1.82, 2.24) is 5.32 Å². The van der Waals surface area contributed by atoms with E-state index in [9.17, 15) is 4.79 Å². The Morgan fingerprint density at radius 1 is 1.47 bits per heavy atom. The molecule has 0 aromatic rings. The minimum Gasteiger partial charge on any atom is -0.444 e. The molecular formula is C12H23NO2. The fourth-order valence-corrected chi connectivity index (χ4v) is 1.04. The van der Waals surface area contributed by atoms with Gasteiger partial charge in [0.2, 0.25) is 0 Å². The Kier molecular flexibility index (Phi) is 5.40. The van der Waals surface area contributed by atoms with E-state index < -0.39 is 5.60 Å². The van der Waals surface area contributed by atoms with Gasteiger partial charge >= 0.3 is 6.09 Å². The van der Waals surface area contributed by atoms with Crippen LogP contribution >= 0.6 is 0 Å². The minimum absolute atomic E-state index is 0.122. The highest BCUT2D eigenvalue weighted by Crippen LogP contribution is 2.08. The highest BCUT2D eigenvalue weighted by Gasteiger charge is 2.17. The molecule has 1 unspecified atom stereocenters. The molecule has 1 atom stereocenters. The maximum absolute atomic E-state index is 11.4. The molecule has 0 aliphatic rings. The van der Waals surface area contributed by atoms with Gasteiger partial charge in [0.1, 0.15) is 5.60 Å². The molecule has 0 heterocycles. The quantitative estimate of drug-likeness (QED) is 0.728. The standard InChI is InChI=1S/C12H23NO2/c1-9(2)7-8-10(3)13-11(14)15-12(4,5)6/h10H,1,7-8H2,2-6H3,(H,13,14). The summed E-state index contributed by atoms with van der Waals surface area (Å²) in [6.45, 7) is 13.3. The van der Waals surface area contributed by atoms with E-state index in [0.717, 1.165) is 18.4 Å². The third kappa shape index (κ3) is 9.32. The molecule has 0 saturated carbocycles. The fraction of sp³-hybridized carbons (Fsp3) is 0.750. The highest BCUT2D eigenvalue weighted by atomic mass is 16.6. The average Bonchev–Trinajstić information content (AvgIpc) is 1.96. The zero-order chi connectivity index (χ0) is 12.1. The number of rotatable bonds is 4. The van der Waals surface area contributed by atoms with Gasteiger partial charge < -0.3 is 10.1 Å². The number of carbonyl (C=O) groups is 1. The maximum atomic E-state index is 11.4. The Morgan fingerprint density at radius 2 is 2.00 bits per heavy atom. The molecule has 0 radical (unpaired) electrons. The van der Waals surface area contributed by atoms with Crippen molar-refractivity contribution in [3.8, 4) is 0 Å². The van der Waals surface area contributed by atoms with Gasteiger partial charge in [-0.25, -0.2) is 4.79 Å². The summed E-state index contributed by atoms with van der Waals surface area (Å²) in [6.07, 6.45) is 1.47. The van der Waals surface area contributed by atoms with Gasteiger partial charge in [0.25, 0.3) is 0 Å². The van der Waals surface area contributed by atoms with Crippen molar-refractivity contribution in [2.24, 2.45) is 0 Å². The Hall–Kier alpha value is -0.990. The van der Waals surface area contributed by atoms with Gasteiger partial charge in [-0.3, -0.25) is 0 Å². The summed E-state index contributed by atoms with van der Waals surface area (Å²) in [6, 6.07) is 0.122. The Labute approximate surface area is 92.9 Å². The molecule has 0 fully saturated rings. The van der Waals surface area contributed by atoms with Gasteiger partial charge in [0, 0.05) is 6.04 Å². The van der Waals surface area contributed by atoms with Crippen LogP contribution in [0.3, 0.4) is 0 Å². The fourth-order valence-electron chi connectivity index (χ4n) is 1.04. The number of allylic oxidation sites excluding steroid dienone is 1. The summed E-state index contributed by atoms with van der Waals surface area (Å²) < 4.78 is 5.14. The third-order valence-electron chi connectivity index (χ3n) is 1.77. The summed E-state index contributed by atoms with van der Waals surface area (Å²) in [5, 5.41) is 2.79. The van der Waals surface area contributed by atoms with Gasteiger partial charge in [0.05, 0.1) is 0 Å². The molecule has 1 amide bonds. The molecule has 3 nitrogen and oxygen atoms in total. The molecule has 0 aliphatic carbocycles. The van der Waals surface area contributed by atoms with E-state index in [-0.39, 0.29) is 12.1 Å². The number of nitrogens with one attached hydrogen (secondary N) is 1. The maximum Gasteiger partial charge on any atom is 0.407 e. The van der Waals surface area contributed by atoms with E-state index in [1.54, 1.807) is 0 Å². The predicted octanol–water partition coefficient (Wildman–Crippen LogP) is 3.26. The van der Waals surface area contributed by atoms with E-state index in [1.165, 1.54) is 0 Å². The van der Waals surface area contributed by atoms with Crippen LogP contribution < -0.4 is 5.32 Å². The first-order valence-corrected chi connectivity index (χ1v) is 5.34. The van der Waals surface area contributed by atoms with Crippen molar-refractivity contribution < 1.29 is 9.53 Å². The zero-order valence-corrected chi connectivity index (χ0v) is 10.5. The lowest BCUT2D eigenvalue weighted by molar-refractivity contribution is 0.0506. The van der Waals surface area contributed by atoms with Crippen LogP contribution in [0.4, 0.5) is 4.79 Å². The smallest absolute Gasteiger partial charge is 0.407 e. The average molecular weight is 213 g/mol. The van der Waals surface area contributed by atoms with Crippen LogP contribution in [0.15, 0.2) is 12.2 Å². The van der Waals surface area contributed by atoms with Gasteiger partial charge in [-0.2, -0.15) is 0 Å². The van der Waals surface area contributed by atoms with Crippen molar-refractivity contribution >= 4 is 6.09 Å². The van der Waals surface area contributed by atoms with Crippen molar-refractivity contribution in [2.75, 3.05) is 0 Å². The molecule has 3 heteroatoms. The SMILES string of the molecule is C=C(C)CCC(C)NC(=O)OC(C)(C)C. The zero-order valence-electron chi connectivity index (χ0n) is 10.5. The molecule has 0 rings (SSSR count). The summed E-state index contributed by atoms with van der Waals surface area (Å²) in [5.41, 5.74) is 0.700.